The summed E-state index contributed by atoms with van der Waals surface area (Å²) >= 11 is 3.46. The van der Waals surface area contributed by atoms with E-state index in [4.69, 9.17) is 0 Å². The van der Waals surface area contributed by atoms with Crippen molar-refractivity contribution in [3.05, 3.63) is 28.2 Å². The van der Waals surface area contributed by atoms with E-state index in [9.17, 15) is 10.2 Å². The summed E-state index contributed by atoms with van der Waals surface area (Å²) in [6.07, 6.45) is 5.03. The fourth-order valence-electron chi connectivity index (χ4n) is 3.72. The molecule has 1 aromatic rings. The smallest absolute Gasteiger partial charge is 0.120 e. The minimum atomic E-state index is -0.553. The molecule has 0 aromatic heterocycles. The van der Waals surface area contributed by atoms with Crippen LogP contribution in [0, 0.1) is 5.92 Å². The van der Waals surface area contributed by atoms with Crippen LogP contribution in [0.3, 0.4) is 0 Å². The molecule has 3 rings (SSSR count). The van der Waals surface area contributed by atoms with Crippen molar-refractivity contribution in [2.24, 2.45) is 5.92 Å². The normalized spacial score (nSPS) is 34.8. The molecule has 4 heteroatoms. The van der Waals surface area contributed by atoms with Gasteiger partial charge in [0.05, 0.1) is 5.60 Å². The lowest BCUT2D eigenvalue weighted by molar-refractivity contribution is -0.0863. The standard InChI is InChI=1S/C15H20BrNO2/c16-10-4-5-13(18)11(9-10)14-12-3-1-2-6-15(12,19)7-8-17-14/h4-5,9,12,14,17-19H,1-3,6-8H2/t12-,14+,15+/m1/s1. The first-order valence-corrected chi connectivity index (χ1v) is 7.84. The minimum Gasteiger partial charge on any atom is -0.508 e. The second kappa shape index (κ2) is 5.08. The zero-order chi connectivity index (χ0) is 13.5. The Morgan fingerprint density at radius 1 is 1.26 bits per heavy atom. The number of nitrogens with one attached hydrogen (secondary N) is 1. The molecule has 0 radical (unpaired) electrons. The topological polar surface area (TPSA) is 52.5 Å². The summed E-state index contributed by atoms with van der Waals surface area (Å²) in [7, 11) is 0. The lowest BCUT2D eigenvalue weighted by atomic mass is 9.66. The second-order valence-electron chi connectivity index (χ2n) is 5.84. The molecule has 1 aliphatic heterocycles. The van der Waals surface area contributed by atoms with Gasteiger partial charge in [-0.15, -0.1) is 0 Å². The number of benzene rings is 1. The van der Waals surface area contributed by atoms with Gasteiger partial charge < -0.3 is 15.5 Å². The molecule has 1 saturated carbocycles. The van der Waals surface area contributed by atoms with Crippen LogP contribution in [0.25, 0.3) is 0 Å². The number of halogens is 1. The van der Waals surface area contributed by atoms with Crippen LogP contribution in [0.15, 0.2) is 22.7 Å². The number of piperidine rings is 1. The Hall–Kier alpha value is -0.580. The first-order valence-electron chi connectivity index (χ1n) is 7.04. The van der Waals surface area contributed by atoms with Gasteiger partial charge in [-0.25, -0.2) is 0 Å². The van der Waals surface area contributed by atoms with E-state index in [1.165, 1.54) is 6.42 Å². The second-order valence-corrected chi connectivity index (χ2v) is 6.76. The van der Waals surface area contributed by atoms with Gasteiger partial charge in [-0.05, 0) is 44.0 Å². The van der Waals surface area contributed by atoms with Crippen molar-refractivity contribution in [2.45, 2.75) is 43.7 Å². The fourth-order valence-corrected chi connectivity index (χ4v) is 4.10. The van der Waals surface area contributed by atoms with E-state index < -0.39 is 5.60 Å². The van der Waals surface area contributed by atoms with E-state index in [1.54, 1.807) is 6.07 Å². The predicted octanol–water partition coefficient (Wildman–Crippen LogP) is 3.11. The van der Waals surface area contributed by atoms with Crippen LogP contribution in [0.5, 0.6) is 5.75 Å². The number of hydrogen-bond donors (Lipinski definition) is 3. The predicted molar refractivity (Wildman–Crippen MR) is 78.1 cm³/mol. The Labute approximate surface area is 122 Å². The SMILES string of the molecule is Oc1ccc(Br)cc1[C@@H]1NCC[C@@]2(O)CCCC[C@H]12. The molecule has 3 nitrogen and oxygen atoms in total. The molecule has 3 atom stereocenters. The molecule has 1 aromatic carbocycles. The number of aliphatic hydroxyl groups is 1. The van der Waals surface area contributed by atoms with Crippen LogP contribution in [0.4, 0.5) is 0 Å². The van der Waals surface area contributed by atoms with Crippen molar-refractivity contribution in [2.75, 3.05) is 6.54 Å². The number of aromatic hydroxyl groups is 1. The number of hydrogen-bond acceptors (Lipinski definition) is 3. The van der Waals surface area contributed by atoms with Crippen LogP contribution in [-0.4, -0.2) is 22.4 Å². The van der Waals surface area contributed by atoms with Gasteiger partial charge in [0, 0.05) is 22.0 Å². The molecular formula is C15H20BrNO2. The number of phenolic OH excluding ortho intramolecular Hbond substituents is 1. The third-order valence-corrected chi connectivity index (χ3v) is 5.21. The molecule has 1 aliphatic carbocycles. The molecule has 0 unspecified atom stereocenters. The van der Waals surface area contributed by atoms with Gasteiger partial charge in [-0.1, -0.05) is 28.8 Å². The van der Waals surface area contributed by atoms with Gasteiger partial charge in [-0.3, -0.25) is 0 Å². The average Bonchev–Trinajstić information content (AvgIpc) is 2.40. The summed E-state index contributed by atoms with van der Waals surface area (Å²) in [5.41, 5.74) is 0.350. The van der Waals surface area contributed by atoms with E-state index in [0.717, 1.165) is 42.3 Å². The summed E-state index contributed by atoms with van der Waals surface area (Å²) in [6.45, 7) is 0.809. The zero-order valence-corrected chi connectivity index (χ0v) is 12.5. The van der Waals surface area contributed by atoms with Crippen LogP contribution in [0.1, 0.15) is 43.7 Å². The summed E-state index contributed by atoms with van der Waals surface area (Å²) < 4.78 is 0.965. The highest BCUT2D eigenvalue weighted by Gasteiger charge is 2.46. The van der Waals surface area contributed by atoms with E-state index in [-0.39, 0.29) is 12.0 Å². The van der Waals surface area contributed by atoms with E-state index >= 15 is 0 Å². The molecule has 0 spiro atoms. The third kappa shape index (κ3) is 2.41. The van der Waals surface area contributed by atoms with Gasteiger partial charge in [-0.2, -0.15) is 0 Å². The summed E-state index contributed by atoms with van der Waals surface area (Å²) in [5.74, 6) is 0.519. The molecule has 2 fully saturated rings. The van der Waals surface area contributed by atoms with Gasteiger partial charge >= 0.3 is 0 Å². The summed E-state index contributed by atoms with van der Waals surface area (Å²) in [4.78, 5) is 0. The Morgan fingerprint density at radius 3 is 2.95 bits per heavy atom. The van der Waals surface area contributed by atoms with Gasteiger partial charge in [0.15, 0.2) is 0 Å². The highest BCUT2D eigenvalue weighted by Crippen LogP contribution is 2.47. The quantitative estimate of drug-likeness (QED) is 0.743. The lowest BCUT2D eigenvalue weighted by Gasteiger charge is -2.48. The van der Waals surface area contributed by atoms with E-state index in [0.29, 0.717) is 5.75 Å². The Morgan fingerprint density at radius 2 is 2.11 bits per heavy atom. The Balaban J connectivity index is 1.96. The molecule has 104 valence electrons. The molecule has 2 aliphatic rings. The molecule has 0 amide bonds. The van der Waals surface area contributed by atoms with Crippen molar-refractivity contribution in [1.29, 1.82) is 0 Å². The lowest BCUT2D eigenvalue weighted by Crippen LogP contribution is -2.53. The van der Waals surface area contributed by atoms with Crippen LogP contribution in [-0.2, 0) is 0 Å². The first-order chi connectivity index (χ1) is 9.10. The maximum absolute atomic E-state index is 10.8. The van der Waals surface area contributed by atoms with Gasteiger partial charge in [0.2, 0.25) is 0 Å². The van der Waals surface area contributed by atoms with Gasteiger partial charge in [0.25, 0.3) is 0 Å². The van der Waals surface area contributed by atoms with Gasteiger partial charge in [0.1, 0.15) is 5.75 Å². The van der Waals surface area contributed by atoms with Crippen molar-refractivity contribution < 1.29 is 10.2 Å². The maximum atomic E-state index is 10.8. The molecule has 1 heterocycles. The Kier molecular flexibility index (Phi) is 3.58. The van der Waals surface area contributed by atoms with Crippen LogP contribution >= 0.6 is 15.9 Å². The van der Waals surface area contributed by atoms with Crippen molar-refractivity contribution >= 4 is 15.9 Å². The molecule has 1 saturated heterocycles. The average molecular weight is 326 g/mol. The highest BCUT2D eigenvalue weighted by atomic mass is 79.9. The van der Waals surface area contributed by atoms with Crippen molar-refractivity contribution in [3.8, 4) is 5.75 Å². The molecule has 3 N–H and O–H groups in total. The fraction of sp³-hybridized carbons (Fsp3) is 0.600. The van der Waals surface area contributed by atoms with Crippen LogP contribution < -0.4 is 5.32 Å². The summed E-state index contributed by atoms with van der Waals surface area (Å²) in [6, 6.07) is 5.58. The molecule has 19 heavy (non-hydrogen) atoms. The zero-order valence-electron chi connectivity index (χ0n) is 10.9. The van der Waals surface area contributed by atoms with Crippen molar-refractivity contribution in [3.63, 3.8) is 0 Å². The minimum absolute atomic E-state index is 0.0524. The Bertz CT molecular complexity index is 475. The number of rotatable bonds is 1. The van der Waals surface area contributed by atoms with Crippen molar-refractivity contribution in [1.82, 2.24) is 5.32 Å². The van der Waals surface area contributed by atoms with E-state index in [1.807, 2.05) is 12.1 Å². The number of fused-ring (bicyclic) bond motifs is 1. The van der Waals surface area contributed by atoms with E-state index in [2.05, 4.69) is 21.2 Å². The highest BCUT2D eigenvalue weighted by molar-refractivity contribution is 9.10. The summed E-state index contributed by atoms with van der Waals surface area (Å²) in [5, 5.41) is 24.5. The largest absolute Gasteiger partial charge is 0.508 e. The molecular weight excluding hydrogens is 306 g/mol. The monoisotopic (exact) mass is 325 g/mol. The first kappa shape index (κ1) is 13.4. The maximum Gasteiger partial charge on any atom is 0.120 e. The third-order valence-electron chi connectivity index (χ3n) is 4.71. The number of phenols is 1. The molecule has 0 bridgehead atoms. The van der Waals surface area contributed by atoms with Crippen LogP contribution in [0.2, 0.25) is 0 Å².